The Bertz CT molecular complexity index is 3350. The zero-order valence-corrected chi connectivity index (χ0v) is 30.8. The van der Waals surface area contributed by atoms with E-state index < -0.39 is 0 Å². The van der Waals surface area contributed by atoms with E-state index in [1.165, 1.54) is 21.5 Å². The number of hydrogen-bond acceptors (Lipinski definition) is 2. The average molecular weight is 728 g/mol. The highest BCUT2D eigenvalue weighted by molar-refractivity contribution is 6.20. The molecule has 0 N–H and O–H groups in total. The summed E-state index contributed by atoms with van der Waals surface area (Å²) in [5.74, 6) is 0. The van der Waals surface area contributed by atoms with Crippen molar-refractivity contribution in [2.75, 3.05) is 0 Å². The minimum Gasteiger partial charge on any atom is -0.454 e. The summed E-state index contributed by atoms with van der Waals surface area (Å²) >= 11 is 0. The molecule has 57 heavy (non-hydrogen) atoms. The van der Waals surface area contributed by atoms with Crippen LogP contribution in [-0.2, 0) is 0 Å². The summed E-state index contributed by atoms with van der Waals surface area (Å²) in [5, 5.41) is 6.94. The molecule has 12 rings (SSSR count). The molecule has 0 unspecified atom stereocenters. The molecule has 8 aromatic carbocycles. The second-order valence-corrected chi connectivity index (χ2v) is 14.7. The van der Waals surface area contributed by atoms with Gasteiger partial charge in [0, 0.05) is 49.0 Å². The molecule has 0 spiro atoms. The van der Waals surface area contributed by atoms with Gasteiger partial charge in [-0.3, -0.25) is 0 Å². The molecule has 266 valence electrons. The Kier molecular flexibility index (Phi) is 6.89. The SMILES string of the molecule is c1ccc(-c2cc(-c3c(-n4c5ccccc5c5ccccc54)cc(-n4c5ccccc5c5ccccc54)c4oc5ccccc5c34)cc(-c3ccccc3)n2)cc1. The minimum absolute atomic E-state index is 0.835. The summed E-state index contributed by atoms with van der Waals surface area (Å²) < 4.78 is 12.0. The highest BCUT2D eigenvalue weighted by atomic mass is 16.3. The summed E-state index contributed by atoms with van der Waals surface area (Å²) in [6.45, 7) is 0. The molecule has 0 saturated carbocycles. The molecule has 0 aliphatic heterocycles. The third-order valence-electron chi connectivity index (χ3n) is 11.5. The molecular formula is C53H33N3O. The molecular weight excluding hydrogens is 695 g/mol. The van der Waals surface area contributed by atoms with Gasteiger partial charge < -0.3 is 13.6 Å². The summed E-state index contributed by atoms with van der Waals surface area (Å²) in [7, 11) is 0. The van der Waals surface area contributed by atoms with Gasteiger partial charge in [0.15, 0.2) is 5.58 Å². The fourth-order valence-electron chi connectivity index (χ4n) is 9.06. The van der Waals surface area contributed by atoms with Gasteiger partial charge in [0.05, 0.1) is 44.8 Å². The van der Waals surface area contributed by atoms with E-state index in [1.54, 1.807) is 0 Å². The predicted molar refractivity (Wildman–Crippen MR) is 237 cm³/mol. The molecule has 0 aliphatic rings. The van der Waals surface area contributed by atoms with Gasteiger partial charge in [0.25, 0.3) is 0 Å². The van der Waals surface area contributed by atoms with Crippen LogP contribution in [0.1, 0.15) is 0 Å². The number of furan rings is 1. The van der Waals surface area contributed by atoms with Gasteiger partial charge in [0.1, 0.15) is 5.58 Å². The number of pyridine rings is 1. The van der Waals surface area contributed by atoms with E-state index in [1.807, 2.05) is 0 Å². The normalized spacial score (nSPS) is 11.9. The lowest BCUT2D eigenvalue weighted by Crippen LogP contribution is -2.03. The summed E-state index contributed by atoms with van der Waals surface area (Å²) in [6.07, 6.45) is 0. The van der Waals surface area contributed by atoms with Crippen LogP contribution in [0, 0.1) is 0 Å². The molecule has 0 amide bonds. The maximum Gasteiger partial charge on any atom is 0.160 e. The molecule has 0 bridgehead atoms. The number of rotatable bonds is 5. The molecule has 4 nitrogen and oxygen atoms in total. The van der Waals surface area contributed by atoms with Crippen LogP contribution >= 0.6 is 0 Å². The molecule has 0 radical (unpaired) electrons. The summed E-state index contributed by atoms with van der Waals surface area (Å²) in [6, 6.07) is 71.3. The van der Waals surface area contributed by atoms with Crippen molar-refractivity contribution < 1.29 is 4.42 Å². The zero-order chi connectivity index (χ0) is 37.5. The third kappa shape index (κ3) is 4.77. The fourth-order valence-corrected chi connectivity index (χ4v) is 9.06. The molecule has 4 heteroatoms. The van der Waals surface area contributed by atoms with Crippen molar-refractivity contribution in [2.24, 2.45) is 0 Å². The van der Waals surface area contributed by atoms with Crippen LogP contribution in [0.5, 0.6) is 0 Å². The molecule has 0 fully saturated rings. The minimum atomic E-state index is 0.835. The molecule has 0 saturated heterocycles. The fraction of sp³-hybridized carbons (Fsp3) is 0. The van der Waals surface area contributed by atoms with Crippen molar-refractivity contribution in [1.29, 1.82) is 0 Å². The van der Waals surface area contributed by atoms with Crippen molar-refractivity contribution in [3.05, 3.63) is 200 Å². The lowest BCUT2D eigenvalue weighted by atomic mass is 9.93. The first-order valence-electron chi connectivity index (χ1n) is 19.4. The van der Waals surface area contributed by atoms with E-state index >= 15 is 0 Å². The number of nitrogens with zero attached hydrogens (tertiary/aromatic N) is 3. The van der Waals surface area contributed by atoms with E-state index in [4.69, 9.17) is 9.40 Å². The number of aromatic nitrogens is 3. The molecule has 0 aliphatic carbocycles. The molecule has 4 aromatic heterocycles. The van der Waals surface area contributed by atoms with Crippen LogP contribution in [0.25, 0.3) is 111 Å². The number of para-hydroxylation sites is 5. The maximum absolute atomic E-state index is 7.10. The van der Waals surface area contributed by atoms with Gasteiger partial charge in [-0.2, -0.15) is 0 Å². The number of hydrogen-bond donors (Lipinski definition) is 0. The second kappa shape index (κ2) is 12.4. The Balaban J connectivity index is 1.32. The van der Waals surface area contributed by atoms with Crippen molar-refractivity contribution >= 4 is 65.6 Å². The van der Waals surface area contributed by atoms with Gasteiger partial charge in [0.2, 0.25) is 0 Å². The van der Waals surface area contributed by atoms with E-state index in [0.717, 1.165) is 89.0 Å². The number of benzene rings is 8. The average Bonchev–Trinajstić information content (AvgIpc) is 3.95. The smallest absolute Gasteiger partial charge is 0.160 e. The summed E-state index contributed by atoms with van der Waals surface area (Å²) in [5.41, 5.74) is 14.3. The van der Waals surface area contributed by atoms with Crippen LogP contribution in [0.2, 0.25) is 0 Å². The van der Waals surface area contributed by atoms with Crippen LogP contribution in [-0.4, -0.2) is 14.1 Å². The first kappa shape index (κ1) is 31.6. The predicted octanol–water partition coefficient (Wildman–Crippen LogP) is 14.2. The Labute approximate surface area is 328 Å². The van der Waals surface area contributed by atoms with Crippen LogP contribution in [0.3, 0.4) is 0 Å². The van der Waals surface area contributed by atoms with Crippen LogP contribution < -0.4 is 0 Å². The topological polar surface area (TPSA) is 35.9 Å². The Morgan fingerprint density at radius 1 is 0.351 bits per heavy atom. The summed E-state index contributed by atoms with van der Waals surface area (Å²) in [4.78, 5) is 5.31. The maximum atomic E-state index is 7.10. The quantitative estimate of drug-likeness (QED) is 0.177. The first-order valence-corrected chi connectivity index (χ1v) is 19.4. The van der Waals surface area contributed by atoms with Gasteiger partial charge >= 0.3 is 0 Å². The highest BCUT2D eigenvalue weighted by Crippen LogP contribution is 2.48. The van der Waals surface area contributed by atoms with Crippen LogP contribution in [0.4, 0.5) is 0 Å². The van der Waals surface area contributed by atoms with E-state index in [-0.39, 0.29) is 0 Å². The van der Waals surface area contributed by atoms with Crippen molar-refractivity contribution in [2.45, 2.75) is 0 Å². The van der Waals surface area contributed by atoms with E-state index in [0.29, 0.717) is 0 Å². The molecule has 0 atom stereocenters. The monoisotopic (exact) mass is 727 g/mol. The lowest BCUT2D eigenvalue weighted by molar-refractivity contribution is 0.666. The van der Waals surface area contributed by atoms with Crippen molar-refractivity contribution in [1.82, 2.24) is 14.1 Å². The third-order valence-corrected chi connectivity index (χ3v) is 11.5. The van der Waals surface area contributed by atoms with Crippen molar-refractivity contribution in [3.63, 3.8) is 0 Å². The zero-order valence-electron chi connectivity index (χ0n) is 30.8. The van der Waals surface area contributed by atoms with Crippen molar-refractivity contribution in [3.8, 4) is 45.0 Å². The first-order chi connectivity index (χ1) is 28.3. The Hall–Kier alpha value is -7.69. The standard InChI is InChI=1S/C53H33N3O/c1-3-17-34(18-4-1)42-31-36(32-43(54-42)35-19-5-2-6-20-35)51-48(55-44-26-12-7-21-37(44)38-22-8-13-27-45(38)55)33-49(53-52(51)41-25-11-16-30-50(41)57-53)56-46-28-14-9-23-39(46)40-24-10-15-29-47(40)56/h1-33H. The largest absolute Gasteiger partial charge is 0.454 e. The second-order valence-electron chi connectivity index (χ2n) is 14.7. The Morgan fingerprint density at radius 2 is 0.754 bits per heavy atom. The van der Waals surface area contributed by atoms with Gasteiger partial charge in [-0.25, -0.2) is 4.98 Å². The van der Waals surface area contributed by atoms with Gasteiger partial charge in [-0.05, 0) is 54.1 Å². The van der Waals surface area contributed by atoms with Gasteiger partial charge in [-0.1, -0.05) is 152 Å². The number of fused-ring (bicyclic) bond motifs is 9. The van der Waals surface area contributed by atoms with Crippen LogP contribution in [0.15, 0.2) is 205 Å². The molecule has 4 heterocycles. The van der Waals surface area contributed by atoms with E-state index in [2.05, 4.69) is 209 Å². The lowest BCUT2D eigenvalue weighted by Gasteiger charge is -2.20. The van der Waals surface area contributed by atoms with E-state index in [9.17, 15) is 0 Å². The Morgan fingerprint density at radius 3 is 1.25 bits per heavy atom. The van der Waals surface area contributed by atoms with Gasteiger partial charge in [-0.15, -0.1) is 0 Å². The molecule has 12 aromatic rings. The highest BCUT2D eigenvalue weighted by Gasteiger charge is 2.27.